The first-order valence-corrected chi connectivity index (χ1v) is 7.95. The van der Waals surface area contributed by atoms with Crippen molar-refractivity contribution < 1.29 is 23.8 Å². The van der Waals surface area contributed by atoms with Crippen molar-refractivity contribution in [1.29, 1.82) is 0 Å². The first-order chi connectivity index (χ1) is 10.2. The molecule has 1 unspecified atom stereocenters. The molecule has 1 fully saturated rings. The summed E-state index contributed by atoms with van der Waals surface area (Å²) in [6.45, 7) is 1.81. The number of methoxy groups -OCH3 is 1. The lowest BCUT2D eigenvalue weighted by molar-refractivity contribution is -0.137. The molecule has 6 heteroatoms. The second kappa shape index (κ2) is 7.36. The number of benzene rings is 1. The summed E-state index contributed by atoms with van der Waals surface area (Å²) in [6.07, 6.45) is 0.940. The lowest BCUT2D eigenvalue weighted by Crippen LogP contribution is -2.21. The molecular formula is C15H18O5S. The molecule has 5 nitrogen and oxygen atoms in total. The van der Waals surface area contributed by atoms with Crippen LogP contribution in [-0.4, -0.2) is 43.1 Å². The van der Waals surface area contributed by atoms with E-state index < -0.39 is 11.8 Å². The van der Waals surface area contributed by atoms with Crippen LogP contribution < -0.4 is 9.47 Å². The third-order valence-electron chi connectivity index (χ3n) is 3.08. The van der Waals surface area contributed by atoms with Gasteiger partial charge in [0, 0.05) is 5.75 Å². The van der Waals surface area contributed by atoms with Crippen LogP contribution in [0.15, 0.2) is 18.2 Å². The van der Waals surface area contributed by atoms with Crippen LogP contribution in [0, 0.1) is 0 Å². The topological polar surface area (TPSA) is 61.8 Å². The van der Waals surface area contributed by atoms with E-state index in [0.29, 0.717) is 11.5 Å². The van der Waals surface area contributed by atoms with Crippen LogP contribution in [-0.2, 0) is 9.53 Å². The van der Waals surface area contributed by atoms with Crippen molar-refractivity contribution in [2.75, 3.05) is 25.2 Å². The van der Waals surface area contributed by atoms with Gasteiger partial charge in [-0.15, -0.1) is 0 Å². The molecule has 1 aliphatic heterocycles. The quantitative estimate of drug-likeness (QED) is 0.456. The van der Waals surface area contributed by atoms with E-state index >= 15 is 0 Å². The van der Waals surface area contributed by atoms with Gasteiger partial charge in [-0.3, -0.25) is 4.79 Å². The fourth-order valence-corrected chi connectivity index (χ4v) is 3.15. The molecule has 114 valence electrons. The molecule has 0 bridgehead atoms. The standard InChI is InChI=1S/C15H18O5S/c1-3-19-15(17)13(16)11-5-4-6-12(18-2)14(11)20-10-7-8-21-9-10/h4-6,10H,3,7-9H2,1-2H3. The number of thioether (sulfide) groups is 1. The van der Waals surface area contributed by atoms with Crippen LogP contribution in [0.4, 0.5) is 0 Å². The highest BCUT2D eigenvalue weighted by molar-refractivity contribution is 7.99. The minimum atomic E-state index is -0.878. The molecule has 0 aliphatic carbocycles. The van der Waals surface area contributed by atoms with E-state index in [1.165, 1.54) is 7.11 Å². The number of carbonyl (C=O) groups is 2. The number of ketones is 1. The Balaban J connectivity index is 2.30. The molecule has 2 rings (SSSR count). The molecule has 1 heterocycles. The molecule has 1 aromatic carbocycles. The summed E-state index contributed by atoms with van der Waals surface area (Å²) in [5.74, 6) is 1.08. The van der Waals surface area contributed by atoms with Crippen molar-refractivity contribution in [3.8, 4) is 11.5 Å². The summed E-state index contributed by atoms with van der Waals surface area (Å²) in [6, 6.07) is 4.92. The zero-order valence-electron chi connectivity index (χ0n) is 12.1. The molecule has 0 N–H and O–H groups in total. The van der Waals surface area contributed by atoms with Crippen LogP contribution in [0.1, 0.15) is 23.7 Å². The largest absolute Gasteiger partial charge is 0.493 e. The Morgan fingerprint density at radius 1 is 1.38 bits per heavy atom. The third-order valence-corrected chi connectivity index (χ3v) is 4.21. The van der Waals surface area contributed by atoms with Gasteiger partial charge in [-0.05, 0) is 31.2 Å². The zero-order chi connectivity index (χ0) is 15.2. The third kappa shape index (κ3) is 3.69. The Hall–Kier alpha value is -1.69. The van der Waals surface area contributed by atoms with E-state index in [1.54, 1.807) is 36.9 Å². The van der Waals surface area contributed by atoms with Crippen molar-refractivity contribution in [1.82, 2.24) is 0 Å². The Bertz CT molecular complexity index is 523. The summed E-state index contributed by atoms with van der Waals surface area (Å²) in [5.41, 5.74) is 0.185. The second-order valence-corrected chi connectivity index (χ2v) is 5.64. The number of ether oxygens (including phenoxy) is 3. The molecule has 0 saturated carbocycles. The van der Waals surface area contributed by atoms with Crippen LogP contribution in [0.5, 0.6) is 11.5 Å². The molecule has 0 spiro atoms. The van der Waals surface area contributed by atoms with Crippen LogP contribution in [0.25, 0.3) is 0 Å². The van der Waals surface area contributed by atoms with E-state index in [0.717, 1.165) is 17.9 Å². The molecule has 1 aliphatic rings. The average molecular weight is 310 g/mol. The highest BCUT2D eigenvalue weighted by Crippen LogP contribution is 2.34. The summed E-state index contributed by atoms with van der Waals surface area (Å²) < 4.78 is 15.9. The van der Waals surface area contributed by atoms with Crippen molar-refractivity contribution in [3.05, 3.63) is 23.8 Å². The van der Waals surface area contributed by atoms with Gasteiger partial charge < -0.3 is 14.2 Å². The van der Waals surface area contributed by atoms with Gasteiger partial charge in [-0.25, -0.2) is 4.79 Å². The van der Waals surface area contributed by atoms with E-state index in [9.17, 15) is 9.59 Å². The Morgan fingerprint density at radius 3 is 2.81 bits per heavy atom. The Kier molecular flexibility index (Phi) is 5.50. The lowest BCUT2D eigenvalue weighted by atomic mass is 10.1. The minimum Gasteiger partial charge on any atom is -0.493 e. The predicted octanol–water partition coefficient (Wildman–Crippen LogP) is 2.33. The summed E-state index contributed by atoms with van der Waals surface area (Å²) in [7, 11) is 1.50. The van der Waals surface area contributed by atoms with Gasteiger partial charge in [0.05, 0.1) is 19.3 Å². The summed E-state index contributed by atoms with van der Waals surface area (Å²) in [5, 5.41) is 0. The number of Topliss-reactive ketones (excluding diaryl/α,β-unsaturated/α-hetero) is 1. The molecule has 0 aromatic heterocycles. The number of hydrogen-bond acceptors (Lipinski definition) is 6. The average Bonchev–Trinajstić information content (AvgIpc) is 3.00. The normalized spacial score (nSPS) is 17.3. The maximum absolute atomic E-state index is 12.2. The number of carbonyl (C=O) groups excluding carboxylic acids is 2. The molecule has 1 saturated heterocycles. The molecule has 1 atom stereocenters. The SMILES string of the molecule is CCOC(=O)C(=O)c1cccc(OC)c1OC1CCSC1. The van der Waals surface area contributed by atoms with Crippen molar-refractivity contribution in [2.24, 2.45) is 0 Å². The fraction of sp³-hybridized carbons (Fsp3) is 0.467. The zero-order valence-corrected chi connectivity index (χ0v) is 12.9. The van der Waals surface area contributed by atoms with E-state index in [2.05, 4.69) is 0 Å². The fourth-order valence-electron chi connectivity index (χ4n) is 2.06. The molecule has 0 radical (unpaired) electrons. The maximum Gasteiger partial charge on any atom is 0.379 e. The number of para-hydroxylation sites is 1. The monoisotopic (exact) mass is 310 g/mol. The van der Waals surface area contributed by atoms with Crippen molar-refractivity contribution >= 4 is 23.5 Å². The van der Waals surface area contributed by atoms with Crippen LogP contribution >= 0.6 is 11.8 Å². The van der Waals surface area contributed by atoms with Crippen LogP contribution in [0.2, 0.25) is 0 Å². The smallest absolute Gasteiger partial charge is 0.379 e. The van der Waals surface area contributed by atoms with Gasteiger partial charge in [0.25, 0.3) is 5.78 Å². The van der Waals surface area contributed by atoms with Gasteiger partial charge in [-0.1, -0.05) is 6.07 Å². The maximum atomic E-state index is 12.2. The Labute approximate surface area is 127 Å². The number of hydrogen-bond donors (Lipinski definition) is 0. The highest BCUT2D eigenvalue weighted by Gasteiger charge is 2.27. The van der Waals surface area contributed by atoms with Gasteiger partial charge in [0.2, 0.25) is 0 Å². The van der Waals surface area contributed by atoms with Crippen molar-refractivity contribution in [2.45, 2.75) is 19.4 Å². The number of rotatable bonds is 6. The molecule has 21 heavy (non-hydrogen) atoms. The van der Waals surface area contributed by atoms with E-state index in [1.807, 2.05) is 0 Å². The summed E-state index contributed by atoms with van der Waals surface area (Å²) in [4.78, 5) is 23.8. The first-order valence-electron chi connectivity index (χ1n) is 6.80. The van der Waals surface area contributed by atoms with Crippen molar-refractivity contribution in [3.63, 3.8) is 0 Å². The molecule has 1 aromatic rings. The van der Waals surface area contributed by atoms with Gasteiger partial charge in [0.15, 0.2) is 11.5 Å². The van der Waals surface area contributed by atoms with E-state index in [-0.39, 0.29) is 18.3 Å². The molecule has 0 amide bonds. The van der Waals surface area contributed by atoms with Gasteiger partial charge in [0.1, 0.15) is 6.10 Å². The number of esters is 1. The van der Waals surface area contributed by atoms with Gasteiger partial charge >= 0.3 is 5.97 Å². The summed E-state index contributed by atoms with van der Waals surface area (Å²) >= 11 is 1.80. The minimum absolute atomic E-state index is 0.0278. The predicted molar refractivity (Wildman–Crippen MR) is 80.3 cm³/mol. The second-order valence-electron chi connectivity index (χ2n) is 4.49. The van der Waals surface area contributed by atoms with E-state index in [4.69, 9.17) is 14.2 Å². The highest BCUT2D eigenvalue weighted by atomic mass is 32.2. The van der Waals surface area contributed by atoms with Crippen LogP contribution in [0.3, 0.4) is 0 Å². The Morgan fingerprint density at radius 2 is 2.19 bits per heavy atom. The first kappa shape index (κ1) is 15.7. The van der Waals surface area contributed by atoms with Gasteiger partial charge in [-0.2, -0.15) is 11.8 Å². The molecular weight excluding hydrogens is 292 g/mol. The lowest BCUT2D eigenvalue weighted by Gasteiger charge is -2.18.